The topological polar surface area (TPSA) is 15.8 Å². The smallest absolute Gasteiger partial charge is 0.0179 e. The molecule has 70 valence electrons. The van der Waals surface area contributed by atoms with Crippen LogP contribution in [0.1, 0.15) is 37.9 Å². The van der Waals surface area contributed by atoms with Crippen molar-refractivity contribution in [2.75, 3.05) is 0 Å². The maximum atomic E-state index is 3.29. The summed E-state index contributed by atoms with van der Waals surface area (Å²) in [5, 5.41) is 0. The number of nitrogens with one attached hydrogen (secondary N) is 1. The van der Waals surface area contributed by atoms with Crippen LogP contribution in [0, 0.1) is 0 Å². The molecule has 1 nitrogen and oxygen atoms in total. The van der Waals surface area contributed by atoms with Crippen molar-refractivity contribution in [2.24, 2.45) is 0 Å². The minimum Gasteiger partial charge on any atom is -0.365 e. The van der Waals surface area contributed by atoms with Gasteiger partial charge in [-0.25, -0.2) is 0 Å². The predicted octanol–water partition coefficient (Wildman–Crippen LogP) is 2.92. The van der Waals surface area contributed by atoms with E-state index in [1.807, 2.05) is 0 Å². The molecule has 1 rings (SSSR count). The van der Waals surface area contributed by atoms with E-state index in [1.165, 1.54) is 36.9 Å². The molecule has 0 amide bonds. The zero-order valence-corrected chi connectivity index (χ0v) is 9.57. The molecule has 2 heteroatoms. The maximum absolute atomic E-state index is 3.29. The molecule has 0 atom stereocenters. The van der Waals surface area contributed by atoms with Gasteiger partial charge in [-0.3, -0.25) is 0 Å². The van der Waals surface area contributed by atoms with Gasteiger partial charge in [-0.2, -0.15) is 0 Å². The standard InChI is InChI=1S/C10H17N.Ru/c1-3-5-9-7-8-11-10(9)6-4-2;/h7-8,11H,3-6H2,1-2H3;. The van der Waals surface area contributed by atoms with Gasteiger partial charge in [-0.05, 0) is 24.5 Å². The van der Waals surface area contributed by atoms with Crippen molar-refractivity contribution in [1.29, 1.82) is 0 Å². The minimum absolute atomic E-state index is 0. The molecule has 0 radical (unpaired) electrons. The fourth-order valence-electron chi connectivity index (χ4n) is 1.42. The Bertz CT molecular complexity index is 185. The summed E-state index contributed by atoms with van der Waals surface area (Å²) in [4.78, 5) is 3.29. The summed E-state index contributed by atoms with van der Waals surface area (Å²) in [6.07, 6.45) is 6.95. The molecule has 0 saturated heterocycles. The molecule has 1 aromatic rings. The Morgan fingerprint density at radius 2 is 1.83 bits per heavy atom. The molecule has 0 aliphatic rings. The van der Waals surface area contributed by atoms with Crippen LogP contribution >= 0.6 is 0 Å². The molecule has 0 aliphatic heterocycles. The van der Waals surface area contributed by atoms with E-state index in [-0.39, 0.29) is 19.5 Å². The van der Waals surface area contributed by atoms with Crippen LogP contribution in [-0.4, -0.2) is 4.98 Å². The first-order valence-electron chi connectivity index (χ1n) is 4.53. The van der Waals surface area contributed by atoms with E-state index in [2.05, 4.69) is 31.1 Å². The Morgan fingerprint density at radius 1 is 1.17 bits per heavy atom. The molecule has 1 N–H and O–H groups in total. The summed E-state index contributed by atoms with van der Waals surface area (Å²) >= 11 is 0. The molecule has 0 aliphatic carbocycles. The second-order valence-corrected chi connectivity index (χ2v) is 2.98. The van der Waals surface area contributed by atoms with Crippen LogP contribution < -0.4 is 0 Å². The minimum atomic E-state index is 0. The predicted molar refractivity (Wildman–Crippen MR) is 48.8 cm³/mol. The average Bonchev–Trinajstić information content (AvgIpc) is 2.39. The number of aryl methyl sites for hydroxylation is 2. The van der Waals surface area contributed by atoms with Crippen molar-refractivity contribution < 1.29 is 19.5 Å². The molecular weight excluding hydrogens is 235 g/mol. The van der Waals surface area contributed by atoms with Crippen LogP contribution in [0.25, 0.3) is 0 Å². The van der Waals surface area contributed by atoms with Gasteiger partial charge in [0.2, 0.25) is 0 Å². The molecule has 0 saturated carbocycles. The van der Waals surface area contributed by atoms with Crippen molar-refractivity contribution in [3.05, 3.63) is 23.5 Å². The number of H-pyrrole nitrogens is 1. The number of rotatable bonds is 4. The molecule has 0 bridgehead atoms. The zero-order valence-electron chi connectivity index (χ0n) is 7.84. The van der Waals surface area contributed by atoms with Crippen LogP contribution in [0.15, 0.2) is 12.3 Å². The van der Waals surface area contributed by atoms with Crippen LogP contribution in [0.2, 0.25) is 0 Å². The molecule has 12 heavy (non-hydrogen) atoms. The quantitative estimate of drug-likeness (QED) is 0.793. The molecule has 0 spiro atoms. The number of aromatic nitrogens is 1. The number of hydrogen-bond donors (Lipinski definition) is 1. The molecular formula is C10H17NRu. The maximum Gasteiger partial charge on any atom is 0.0179 e. The summed E-state index contributed by atoms with van der Waals surface area (Å²) in [7, 11) is 0. The van der Waals surface area contributed by atoms with Gasteiger partial charge in [0.05, 0.1) is 0 Å². The summed E-state index contributed by atoms with van der Waals surface area (Å²) in [6.45, 7) is 4.44. The van der Waals surface area contributed by atoms with Gasteiger partial charge in [0.25, 0.3) is 0 Å². The van der Waals surface area contributed by atoms with Crippen LogP contribution in [0.4, 0.5) is 0 Å². The molecule has 0 fully saturated rings. The Kier molecular flexibility index (Phi) is 6.37. The van der Waals surface area contributed by atoms with Crippen molar-refractivity contribution in [2.45, 2.75) is 39.5 Å². The number of hydrogen-bond acceptors (Lipinski definition) is 0. The Morgan fingerprint density at radius 3 is 2.42 bits per heavy atom. The van der Waals surface area contributed by atoms with E-state index in [0.717, 1.165) is 0 Å². The van der Waals surface area contributed by atoms with E-state index in [1.54, 1.807) is 0 Å². The second kappa shape index (κ2) is 6.42. The number of aromatic amines is 1. The third-order valence-electron chi connectivity index (χ3n) is 1.95. The van der Waals surface area contributed by atoms with E-state index >= 15 is 0 Å². The van der Waals surface area contributed by atoms with Gasteiger partial charge in [0.1, 0.15) is 0 Å². The monoisotopic (exact) mass is 253 g/mol. The van der Waals surface area contributed by atoms with Crippen LogP contribution in [-0.2, 0) is 32.3 Å². The van der Waals surface area contributed by atoms with Crippen molar-refractivity contribution in [3.8, 4) is 0 Å². The van der Waals surface area contributed by atoms with Crippen molar-refractivity contribution >= 4 is 0 Å². The fourth-order valence-corrected chi connectivity index (χ4v) is 1.42. The van der Waals surface area contributed by atoms with Gasteiger partial charge >= 0.3 is 0 Å². The van der Waals surface area contributed by atoms with E-state index in [4.69, 9.17) is 0 Å². The second-order valence-electron chi connectivity index (χ2n) is 2.98. The Hall–Kier alpha value is -0.0966. The van der Waals surface area contributed by atoms with E-state index in [0.29, 0.717) is 0 Å². The van der Waals surface area contributed by atoms with E-state index in [9.17, 15) is 0 Å². The molecule has 0 unspecified atom stereocenters. The largest absolute Gasteiger partial charge is 0.365 e. The van der Waals surface area contributed by atoms with Gasteiger partial charge in [0.15, 0.2) is 0 Å². The van der Waals surface area contributed by atoms with Gasteiger partial charge in [-0.1, -0.05) is 26.7 Å². The zero-order chi connectivity index (χ0) is 8.10. The first kappa shape index (κ1) is 11.9. The normalized spacial score (nSPS) is 9.50. The Labute approximate surface area is 87.7 Å². The van der Waals surface area contributed by atoms with Crippen molar-refractivity contribution in [3.63, 3.8) is 0 Å². The molecule has 1 heterocycles. The summed E-state index contributed by atoms with van der Waals surface area (Å²) in [5.41, 5.74) is 2.95. The van der Waals surface area contributed by atoms with Crippen LogP contribution in [0.3, 0.4) is 0 Å². The average molecular weight is 252 g/mol. The summed E-state index contributed by atoms with van der Waals surface area (Å²) < 4.78 is 0. The van der Waals surface area contributed by atoms with Crippen LogP contribution in [0.5, 0.6) is 0 Å². The fraction of sp³-hybridized carbons (Fsp3) is 0.600. The van der Waals surface area contributed by atoms with Crippen molar-refractivity contribution in [1.82, 2.24) is 4.98 Å². The van der Waals surface area contributed by atoms with Gasteiger partial charge < -0.3 is 4.98 Å². The Balaban J connectivity index is 0.00000121. The first-order valence-corrected chi connectivity index (χ1v) is 4.53. The van der Waals surface area contributed by atoms with Gasteiger partial charge in [-0.15, -0.1) is 0 Å². The summed E-state index contributed by atoms with van der Waals surface area (Å²) in [5.74, 6) is 0. The molecule has 1 aromatic heterocycles. The van der Waals surface area contributed by atoms with E-state index < -0.39 is 0 Å². The molecule has 0 aromatic carbocycles. The third kappa shape index (κ3) is 3.10. The summed E-state index contributed by atoms with van der Waals surface area (Å²) in [6, 6.07) is 2.20. The first-order chi connectivity index (χ1) is 5.38. The van der Waals surface area contributed by atoms with Gasteiger partial charge in [0, 0.05) is 31.4 Å². The third-order valence-corrected chi connectivity index (χ3v) is 1.95. The SMILES string of the molecule is CCCc1cc[nH]c1CCC.[Ru].